The zero-order chi connectivity index (χ0) is 13.9. The fourth-order valence-corrected chi connectivity index (χ4v) is 3.80. The number of halogens is 1. The molecule has 3 rings (SSSR count). The second-order valence-corrected chi connectivity index (χ2v) is 6.38. The minimum absolute atomic E-state index is 0.552. The van der Waals surface area contributed by atoms with Crippen LogP contribution in [0.25, 0.3) is 0 Å². The molecule has 0 saturated carbocycles. The lowest BCUT2D eigenvalue weighted by atomic mass is 10.1. The summed E-state index contributed by atoms with van der Waals surface area (Å²) in [5, 5.41) is 0.840. The van der Waals surface area contributed by atoms with Crippen molar-refractivity contribution in [3.8, 4) is 0 Å². The first-order valence-corrected chi connectivity index (χ1v) is 8.13. The number of rotatable bonds is 3. The quantitative estimate of drug-likeness (QED) is 0.930. The molecular weight excluding hydrogens is 270 g/mol. The summed E-state index contributed by atoms with van der Waals surface area (Å²) in [6.45, 7) is 5.33. The van der Waals surface area contributed by atoms with E-state index in [0.717, 1.165) is 23.7 Å². The van der Waals surface area contributed by atoms with Crippen molar-refractivity contribution in [1.82, 2.24) is 4.90 Å². The van der Waals surface area contributed by atoms with Gasteiger partial charge in [0.15, 0.2) is 0 Å². The third kappa shape index (κ3) is 2.95. The van der Waals surface area contributed by atoms with E-state index in [0.29, 0.717) is 12.6 Å². The maximum atomic E-state index is 6.41. The molecule has 0 bridgehead atoms. The van der Waals surface area contributed by atoms with E-state index in [1.807, 2.05) is 6.07 Å². The number of likely N-dealkylation sites (tertiary alicyclic amines) is 1. The molecule has 2 fully saturated rings. The van der Waals surface area contributed by atoms with E-state index in [4.69, 9.17) is 17.3 Å². The molecular formula is C16H24ClN3. The number of anilines is 1. The van der Waals surface area contributed by atoms with Crippen LogP contribution in [0.4, 0.5) is 5.69 Å². The average Bonchev–Trinajstić information content (AvgIpc) is 2.97. The Morgan fingerprint density at radius 2 is 1.95 bits per heavy atom. The minimum Gasteiger partial charge on any atom is -0.369 e. The van der Waals surface area contributed by atoms with Crippen molar-refractivity contribution in [2.24, 2.45) is 5.73 Å². The van der Waals surface area contributed by atoms with Gasteiger partial charge in [-0.3, -0.25) is 4.90 Å². The van der Waals surface area contributed by atoms with Gasteiger partial charge in [0.2, 0.25) is 0 Å². The van der Waals surface area contributed by atoms with Crippen molar-refractivity contribution in [2.75, 3.05) is 31.1 Å². The predicted molar refractivity (Wildman–Crippen MR) is 85.4 cm³/mol. The fourth-order valence-electron chi connectivity index (χ4n) is 3.48. The van der Waals surface area contributed by atoms with Gasteiger partial charge in [0.1, 0.15) is 0 Å². The molecule has 1 atom stereocenters. The van der Waals surface area contributed by atoms with Crippen LogP contribution in [-0.2, 0) is 6.54 Å². The van der Waals surface area contributed by atoms with Gasteiger partial charge in [0.05, 0.1) is 10.7 Å². The molecule has 20 heavy (non-hydrogen) atoms. The fraction of sp³-hybridized carbons (Fsp3) is 0.625. The zero-order valence-electron chi connectivity index (χ0n) is 12.0. The SMILES string of the molecule is NCc1ccc(N2CCC(N3CCCCC3)C2)c(Cl)c1. The van der Waals surface area contributed by atoms with Crippen LogP contribution in [0.1, 0.15) is 31.2 Å². The van der Waals surface area contributed by atoms with Crippen molar-refractivity contribution in [1.29, 1.82) is 0 Å². The third-order valence-electron chi connectivity index (χ3n) is 4.66. The van der Waals surface area contributed by atoms with E-state index in [-0.39, 0.29) is 0 Å². The van der Waals surface area contributed by atoms with E-state index in [1.54, 1.807) is 0 Å². The highest BCUT2D eigenvalue weighted by Gasteiger charge is 2.29. The summed E-state index contributed by atoms with van der Waals surface area (Å²) in [5.41, 5.74) is 7.94. The molecule has 2 aliphatic heterocycles. The maximum Gasteiger partial charge on any atom is 0.0642 e. The van der Waals surface area contributed by atoms with Crippen molar-refractivity contribution < 1.29 is 0 Å². The summed E-state index contributed by atoms with van der Waals surface area (Å²) >= 11 is 6.41. The van der Waals surface area contributed by atoms with E-state index in [9.17, 15) is 0 Å². The topological polar surface area (TPSA) is 32.5 Å². The Bertz CT molecular complexity index is 457. The van der Waals surface area contributed by atoms with Gasteiger partial charge in [0, 0.05) is 25.7 Å². The van der Waals surface area contributed by atoms with Crippen molar-refractivity contribution in [3.63, 3.8) is 0 Å². The van der Waals surface area contributed by atoms with Crippen molar-refractivity contribution in [2.45, 2.75) is 38.3 Å². The molecule has 2 saturated heterocycles. The molecule has 1 aromatic rings. The van der Waals surface area contributed by atoms with Crippen LogP contribution < -0.4 is 10.6 Å². The van der Waals surface area contributed by atoms with Gasteiger partial charge in [-0.25, -0.2) is 0 Å². The lowest BCUT2D eigenvalue weighted by Gasteiger charge is -2.32. The number of nitrogens with two attached hydrogens (primary N) is 1. The molecule has 0 aromatic heterocycles. The normalized spacial score (nSPS) is 24.3. The summed E-state index contributed by atoms with van der Waals surface area (Å²) in [5.74, 6) is 0. The number of piperidine rings is 1. The number of benzene rings is 1. The summed E-state index contributed by atoms with van der Waals surface area (Å²) in [6, 6.07) is 6.93. The van der Waals surface area contributed by atoms with E-state index >= 15 is 0 Å². The van der Waals surface area contributed by atoms with Gasteiger partial charge < -0.3 is 10.6 Å². The van der Waals surface area contributed by atoms with Crippen molar-refractivity contribution >= 4 is 17.3 Å². The summed E-state index contributed by atoms with van der Waals surface area (Å²) in [7, 11) is 0. The van der Waals surface area contributed by atoms with Gasteiger partial charge in [-0.1, -0.05) is 24.1 Å². The average molecular weight is 294 g/mol. The van der Waals surface area contributed by atoms with Crippen LogP contribution in [0.3, 0.4) is 0 Å². The maximum absolute atomic E-state index is 6.41. The standard InChI is InChI=1S/C16H24ClN3/c17-15-10-13(11-18)4-5-16(15)20-9-6-14(12-20)19-7-2-1-3-8-19/h4-5,10,14H,1-3,6-9,11-12,18H2. The molecule has 0 radical (unpaired) electrons. The van der Waals surface area contributed by atoms with Crippen LogP contribution in [0.15, 0.2) is 18.2 Å². The highest BCUT2D eigenvalue weighted by molar-refractivity contribution is 6.33. The molecule has 3 nitrogen and oxygen atoms in total. The first-order chi connectivity index (χ1) is 9.78. The van der Waals surface area contributed by atoms with E-state index < -0.39 is 0 Å². The summed E-state index contributed by atoms with van der Waals surface area (Å²) in [6.07, 6.45) is 5.39. The molecule has 0 amide bonds. The van der Waals surface area contributed by atoms with Gasteiger partial charge in [-0.15, -0.1) is 0 Å². The smallest absolute Gasteiger partial charge is 0.0642 e. The third-order valence-corrected chi connectivity index (χ3v) is 4.96. The van der Waals surface area contributed by atoms with Crippen LogP contribution >= 0.6 is 11.6 Å². The van der Waals surface area contributed by atoms with Crippen LogP contribution in [0.2, 0.25) is 5.02 Å². The van der Waals surface area contributed by atoms with E-state index in [2.05, 4.69) is 21.9 Å². The Balaban J connectivity index is 1.67. The van der Waals surface area contributed by atoms with Crippen LogP contribution in [0, 0.1) is 0 Å². The monoisotopic (exact) mass is 293 g/mol. The number of hydrogen-bond donors (Lipinski definition) is 1. The highest BCUT2D eigenvalue weighted by atomic mass is 35.5. The van der Waals surface area contributed by atoms with Gasteiger partial charge >= 0.3 is 0 Å². The van der Waals surface area contributed by atoms with Crippen LogP contribution in [0.5, 0.6) is 0 Å². The minimum atomic E-state index is 0.552. The molecule has 2 heterocycles. The molecule has 0 aliphatic carbocycles. The Hall–Kier alpha value is -0.770. The lowest BCUT2D eigenvalue weighted by molar-refractivity contribution is 0.175. The second-order valence-electron chi connectivity index (χ2n) is 5.98. The Labute approximate surface area is 126 Å². The van der Waals surface area contributed by atoms with E-state index in [1.165, 1.54) is 44.5 Å². The van der Waals surface area contributed by atoms with Gasteiger partial charge in [0.25, 0.3) is 0 Å². The first kappa shape index (κ1) is 14.2. The zero-order valence-corrected chi connectivity index (χ0v) is 12.8. The first-order valence-electron chi connectivity index (χ1n) is 7.75. The molecule has 2 N–H and O–H groups in total. The molecule has 1 aromatic carbocycles. The Morgan fingerprint density at radius 3 is 2.65 bits per heavy atom. The molecule has 4 heteroatoms. The number of nitrogens with zero attached hydrogens (tertiary/aromatic N) is 2. The molecule has 1 unspecified atom stereocenters. The largest absolute Gasteiger partial charge is 0.369 e. The number of hydrogen-bond acceptors (Lipinski definition) is 3. The van der Waals surface area contributed by atoms with Crippen molar-refractivity contribution in [3.05, 3.63) is 28.8 Å². The van der Waals surface area contributed by atoms with Gasteiger partial charge in [-0.2, -0.15) is 0 Å². The predicted octanol–water partition coefficient (Wildman–Crippen LogP) is 2.86. The van der Waals surface area contributed by atoms with Gasteiger partial charge in [-0.05, 0) is 50.0 Å². The molecule has 2 aliphatic rings. The lowest BCUT2D eigenvalue weighted by Crippen LogP contribution is -2.40. The molecule has 0 spiro atoms. The second kappa shape index (κ2) is 6.33. The van der Waals surface area contributed by atoms with Crippen LogP contribution in [-0.4, -0.2) is 37.1 Å². The molecule has 110 valence electrons. The Kier molecular flexibility index (Phi) is 4.49. The summed E-state index contributed by atoms with van der Waals surface area (Å²) in [4.78, 5) is 5.10. The summed E-state index contributed by atoms with van der Waals surface area (Å²) < 4.78 is 0. The highest BCUT2D eigenvalue weighted by Crippen LogP contribution is 2.31. The Morgan fingerprint density at radius 1 is 1.15 bits per heavy atom.